The fourth-order valence-electron chi connectivity index (χ4n) is 1.89. The lowest BCUT2D eigenvalue weighted by atomic mass is 10.2. The molecule has 0 bridgehead atoms. The van der Waals surface area contributed by atoms with E-state index >= 15 is 0 Å². The lowest BCUT2D eigenvalue weighted by molar-refractivity contribution is -0.000912. The topological polar surface area (TPSA) is 81.6 Å². The van der Waals surface area contributed by atoms with Crippen molar-refractivity contribution in [3.8, 4) is 0 Å². The molecule has 0 heterocycles. The zero-order valence-electron chi connectivity index (χ0n) is 9.53. The van der Waals surface area contributed by atoms with Crippen molar-refractivity contribution in [2.45, 2.75) is 44.9 Å². The molecule has 1 fully saturated rings. The number of hydrogen-bond acceptors (Lipinski definition) is 4. The van der Waals surface area contributed by atoms with Crippen LogP contribution in [0.3, 0.4) is 0 Å². The monoisotopic (exact) mass is 215 g/mol. The summed E-state index contributed by atoms with van der Waals surface area (Å²) >= 11 is 0. The van der Waals surface area contributed by atoms with Gasteiger partial charge in [-0.1, -0.05) is 0 Å². The standard InChI is InChI=1S/C10H21N3O2/c1-3-13(4-2)9(14)15-10(12)6-5-8(11)7-10/h8H,3-7,11-12H2,1-2H3. The van der Waals surface area contributed by atoms with Crippen LogP contribution < -0.4 is 11.5 Å². The van der Waals surface area contributed by atoms with Crippen LogP contribution in [0.4, 0.5) is 4.79 Å². The Labute approximate surface area is 90.7 Å². The van der Waals surface area contributed by atoms with Crippen molar-refractivity contribution in [1.82, 2.24) is 4.90 Å². The molecule has 0 aromatic rings. The van der Waals surface area contributed by atoms with Crippen molar-refractivity contribution >= 4 is 6.09 Å². The average Bonchev–Trinajstić information content (AvgIpc) is 2.47. The molecular formula is C10H21N3O2. The summed E-state index contributed by atoms with van der Waals surface area (Å²) in [5, 5.41) is 0. The molecule has 15 heavy (non-hydrogen) atoms. The molecule has 1 aliphatic carbocycles. The number of hydrogen-bond donors (Lipinski definition) is 2. The van der Waals surface area contributed by atoms with E-state index in [9.17, 15) is 4.79 Å². The zero-order valence-corrected chi connectivity index (χ0v) is 9.53. The first kappa shape index (κ1) is 12.3. The fourth-order valence-corrected chi connectivity index (χ4v) is 1.89. The van der Waals surface area contributed by atoms with E-state index in [0.29, 0.717) is 25.9 Å². The smallest absolute Gasteiger partial charge is 0.411 e. The van der Waals surface area contributed by atoms with Gasteiger partial charge in [-0.3, -0.25) is 5.73 Å². The normalized spacial score (nSPS) is 30.3. The van der Waals surface area contributed by atoms with Crippen molar-refractivity contribution in [1.29, 1.82) is 0 Å². The summed E-state index contributed by atoms with van der Waals surface area (Å²) in [7, 11) is 0. The Bertz CT molecular complexity index is 231. The van der Waals surface area contributed by atoms with Crippen LogP contribution in [-0.4, -0.2) is 35.8 Å². The third-order valence-electron chi connectivity index (χ3n) is 2.86. The third-order valence-corrected chi connectivity index (χ3v) is 2.86. The van der Waals surface area contributed by atoms with E-state index in [4.69, 9.17) is 16.2 Å². The largest absolute Gasteiger partial charge is 0.428 e. The molecule has 5 nitrogen and oxygen atoms in total. The van der Waals surface area contributed by atoms with Gasteiger partial charge in [0.2, 0.25) is 0 Å². The molecule has 88 valence electrons. The molecule has 0 aromatic heterocycles. The third kappa shape index (κ3) is 3.07. The Hall–Kier alpha value is -0.810. The minimum atomic E-state index is -0.848. The molecule has 2 unspecified atom stereocenters. The second-order valence-electron chi connectivity index (χ2n) is 4.11. The van der Waals surface area contributed by atoms with E-state index in [2.05, 4.69) is 0 Å². The minimum Gasteiger partial charge on any atom is -0.428 e. The number of carbonyl (C=O) groups excluding carboxylic acids is 1. The van der Waals surface area contributed by atoms with Gasteiger partial charge in [-0.25, -0.2) is 4.79 Å². The summed E-state index contributed by atoms with van der Waals surface area (Å²) in [6.45, 7) is 5.09. The predicted molar refractivity (Wildman–Crippen MR) is 58.1 cm³/mol. The Morgan fingerprint density at radius 2 is 2.13 bits per heavy atom. The van der Waals surface area contributed by atoms with Gasteiger partial charge in [-0.05, 0) is 20.3 Å². The molecule has 0 aliphatic heterocycles. The summed E-state index contributed by atoms with van der Waals surface area (Å²) in [6, 6.07) is 0.0551. The minimum absolute atomic E-state index is 0.0551. The highest BCUT2D eigenvalue weighted by atomic mass is 16.6. The molecular weight excluding hydrogens is 194 g/mol. The second-order valence-corrected chi connectivity index (χ2v) is 4.11. The maximum Gasteiger partial charge on any atom is 0.411 e. The van der Waals surface area contributed by atoms with Crippen LogP contribution >= 0.6 is 0 Å². The molecule has 1 aliphatic rings. The van der Waals surface area contributed by atoms with Gasteiger partial charge in [0.15, 0.2) is 5.72 Å². The SMILES string of the molecule is CCN(CC)C(=O)OC1(N)CCC(N)C1. The van der Waals surface area contributed by atoms with Gasteiger partial charge < -0.3 is 15.4 Å². The number of carbonyl (C=O) groups is 1. The summed E-state index contributed by atoms with van der Waals surface area (Å²) in [5.74, 6) is 0. The average molecular weight is 215 g/mol. The first-order valence-electron chi connectivity index (χ1n) is 5.53. The highest BCUT2D eigenvalue weighted by molar-refractivity contribution is 5.68. The Morgan fingerprint density at radius 1 is 1.53 bits per heavy atom. The second kappa shape index (κ2) is 4.81. The van der Waals surface area contributed by atoms with Gasteiger partial charge in [-0.15, -0.1) is 0 Å². The molecule has 1 saturated carbocycles. The summed E-state index contributed by atoms with van der Waals surface area (Å²) in [4.78, 5) is 13.3. The van der Waals surface area contributed by atoms with Crippen molar-refractivity contribution in [3.05, 3.63) is 0 Å². The highest BCUT2D eigenvalue weighted by Crippen LogP contribution is 2.28. The van der Waals surface area contributed by atoms with Crippen LogP contribution in [-0.2, 0) is 4.74 Å². The summed E-state index contributed by atoms with van der Waals surface area (Å²) < 4.78 is 5.30. The molecule has 2 atom stereocenters. The molecule has 0 aromatic carbocycles. The van der Waals surface area contributed by atoms with E-state index in [1.165, 1.54) is 0 Å². The van der Waals surface area contributed by atoms with Crippen LogP contribution in [0.15, 0.2) is 0 Å². The van der Waals surface area contributed by atoms with Gasteiger partial charge >= 0.3 is 6.09 Å². The zero-order chi connectivity index (χ0) is 11.5. The van der Waals surface area contributed by atoms with E-state index in [-0.39, 0.29) is 12.1 Å². The van der Waals surface area contributed by atoms with Gasteiger partial charge in [0.05, 0.1) is 0 Å². The van der Waals surface area contributed by atoms with Gasteiger partial charge in [0, 0.05) is 32.0 Å². The number of ether oxygens (including phenoxy) is 1. The lowest BCUT2D eigenvalue weighted by Crippen LogP contribution is -2.46. The molecule has 5 heteroatoms. The van der Waals surface area contributed by atoms with Gasteiger partial charge in [-0.2, -0.15) is 0 Å². The van der Waals surface area contributed by atoms with Crippen molar-refractivity contribution in [3.63, 3.8) is 0 Å². The van der Waals surface area contributed by atoms with Crippen LogP contribution in [0.2, 0.25) is 0 Å². The molecule has 0 saturated heterocycles. The maximum absolute atomic E-state index is 11.7. The van der Waals surface area contributed by atoms with E-state index in [0.717, 1.165) is 6.42 Å². The molecule has 4 N–H and O–H groups in total. The van der Waals surface area contributed by atoms with Gasteiger partial charge in [0.1, 0.15) is 0 Å². The Morgan fingerprint density at radius 3 is 2.53 bits per heavy atom. The quantitative estimate of drug-likeness (QED) is 0.677. The summed E-state index contributed by atoms with van der Waals surface area (Å²) in [6.07, 6.45) is 1.69. The number of nitrogens with zero attached hydrogens (tertiary/aromatic N) is 1. The summed E-state index contributed by atoms with van der Waals surface area (Å²) in [5.41, 5.74) is 10.8. The Kier molecular flexibility index (Phi) is 3.93. The molecule has 1 amide bonds. The van der Waals surface area contributed by atoms with Crippen LogP contribution in [0, 0.1) is 0 Å². The van der Waals surface area contributed by atoms with E-state index < -0.39 is 5.72 Å². The number of rotatable bonds is 3. The van der Waals surface area contributed by atoms with Crippen molar-refractivity contribution in [2.75, 3.05) is 13.1 Å². The van der Waals surface area contributed by atoms with Crippen LogP contribution in [0.5, 0.6) is 0 Å². The predicted octanol–water partition coefficient (Wildman–Crippen LogP) is 0.631. The first-order chi connectivity index (χ1) is 7.00. The van der Waals surface area contributed by atoms with Crippen molar-refractivity contribution < 1.29 is 9.53 Å². The number of amides is 1. The maximum atomic E-state index is 11.7. The Balaban J connectivity index is 2.50. The van der Waals surface area contributed by atoms with Crippen LogP contribution in [0.1, 0.15) is 33.1 Å². The molecule has 0 radical (unpaired) electrons. The fraction of sp³-hybridized carbons (Fsp3) is 0.900. The lowest BCUT2D eigenvalue weighted by Gasteiger charge is -2.28. The van der Waals surface area contributed by atoms with Crippen LogP contribution in [0.25, 0.3) is 0 Å². The first-order valence-corrected chi connectivity index (χ1v) is 5.53. The molecule has 1 rings (SSSR count). The van der Waals surface area contributed by atoms with E-state index in [1.54, 1.807) is 4.90 Å². The van der Waals surface area contributed by atoms with E-state index in [1.807, 2.05) is 13.8 Å². The van der Waals surface area contributed by atoms with Crippen molar-refractivity contribution in [2.24, 2.45) is 11.5 Å². The number of nitrogens with two attached hydrogens (primary N) is 2. The molecule has 0 spiro atoms. The van der Waals surface area contributed by atoms with Gasteiger partial charge in [0.25, 0.3) is 0 Å². The highest BCUT2D eigenvalue weighted by Gasteiger charge is 2.38.